The van der Waals surface area contributed by atoms with Crippen LogP contribution in [0.1, 0.15) is 6.42 Å². The molecule has 0 aliphatic rings. The molecule has 5 nitrogen and oxygen atoms in total. The van der Waals surface area contributed by atoms with Crippen LogP contribution in [0.15, 0.2) is 47.2 Å². The third-order valence-electron chi connectivity index (χ3n) is 2.91. The van der Waals surface area contributed by atoms with Gasteiger partial charge in [-0.25, -0.2) is 0 Å². The number of ether oxygens (including phenoxy) is 1. The Bertz CT molecular complexity index is 651. The highest BCUT2D eigenvalue weighted by Crippen LogP contribution is 2.27. The highest BCUT2D eigenvalue weighted by atomic mass is 16.5. The van der Waals surface area contributed by atoms with Crippen LogP contribution in [0.25, 0.3) is 10.9 Å². The smallest absolute Gasteiger partial charge is 0.121 e. The summed E-state index contributed by atoms with van der Waals surface area (Å²) in [5.74, 6) is 0.758. The van der Waals surface area contributed by atoms with E-state index in [-0.39, 0.29) is 6.61 Å². The Kier molecular flexibility index (Phi) is 4.68. The first-order valence-electron chi connectivity index (χ1n) is 6.27. The van der Waals surface area contributed by atoms with Gasteiger partial charge in [0, 0.05) is 30.5 Å². The molecule has 0 unspecified atom stereocenters. The Balaban J connectivity index is 2.37. The summed E-state index contributed by atoms with van der Waals surface area (Å²) in [7, 11) is 1.62. The molecule has 0 atom stereocenters. The summed E-state index contributed by atoms with van der Waals surface area (Å²) in [4.78, 5) is 8.72. The Labute approximate surface area is 117 Å². The summed E-state index contributed by atoms with van der Waals surface area (Å²) in [6, 6.07) is 7.49. The van der Waals surface area contributed by atoms with Crippen molar-refractivity contribution in [2.45, 2.75) is 6.42 Å². The van der Waals surface area contributed by atoms with Gasteiger partial charge in [0.2, 0.25) is 0 Å². The van der Waals surface area contributed by atoms with Gasteiger partial charge in [-0.3, -0.25) is 9.98 Å². The van der Waals surface area contributed by atoms with Crippen LogP contribution in [-0.4, -0.2) is 30.0 Å². The Hall–Kier alpha value is -2.40. The fourth-order valence-corrected chi connectivity index (χ4v) is 1.82. The van der Waals surface area contributed by atoms with Crippen LogP contribution in [0.2, 0.25) is 0 Å². The van der Waals surface area contributed by atoms with E-state index < -0.39 is 0 Å². The lowest BCUT2D eigenvalue weighted by molar-refractivity contribution is 0.301. The predicted octanol–water partition coefficient (Wildman–Crippen LogP) is 2.17. The fourth-order valence-electron chi connectivity index (χ4n) is 1.82. The number of pyridine rings is 1. The number of aliphatic hydroxyl groups excluding tert-OH is 1. The van der Waals surface area contributed by atoms with Crippen LogP contribution in [-0.2, 0) is 0 Å². The SMILES string of the molecule is COc1ccc2c(N=CC(=CN)CCO)ccnc2c1. The van der Waals surface area contributed by atoms with Crippen molar-refractivity contribution in [2.24, 2.45) is 10.7 Å². The van der Waals surface area contributed by atoms with E-state index in [2.05, 4.69) is 9.98 Å². The maximum atomic E-state index is 8.91. The number of hydrogen-bond acceptors (Lipinski definition) is 5. The average molecular weight is 271 g/mol. The summed E-state index contributed by atoms with van der Waals surface area (Å²) in [5.41, 5.74) is 7.88. The zero-order valence-corrected chi connectivity index (χ0v) is 11.3. The molecular formula is C15H17N3O2. The highest BCUT2D eigenvalue weighted by molar-refractivity contribution is 5.93. The number of aliphatic hydroxyl groups is 1. The molecule has 1 aromatic heterocycles. The van der Waals surface area contributed by atoms with Crippen molar-refractivity contribution in [3.63, 3.8) is 0 Å². The van der Waals surface area contributed by atoms with E-state index in [9.17, 15) is 0 Å². The molecule has 0 amide bonds. The van der Waals surface area contributed by atoms with Gasteiger partial charge < -0.3 is 15.6 Å². The minimum atomic E-state index is 0.0450. The van der Waals surface area contributed by atoms with Crippen molar-refractivity contribution < 1.29 is 9.84 Å². The number of benzene rings is 1. The van der Waals surface area contributed by atoms with E-state index >= 15 is 0 Å². The molecule has 104 valence electrons. The molecule has 0 saturated heterocycles. The molecule has 0 aliphatic carbocycles. The molecule has 20 heavy (non-hydrogen) atoms. The van der Waals surface area contributed by atoms with Crippen LogP contribution in [0.5, 0.6) is 5.75 Å². The van der Waals surface area contributed by atoms with E-state index in [0.717, 1.165) is 27.9 Å². The zero-order valence-electron chi connectivity index (χ0n) is 11.3. The number of aromatic nitrogens is 1. The molecule has 0 saturated carbocycles. The largest absolute Gasteiger partial charge is 0.497 e. The number of hydrogen-bond donors (Lipinski definition) is 2. The molecule has 0 fully saturated rings. The summed E-state index contributed by atoms with van der Waals surface area (Å²) in [6.45, 7) is 0.0450. The van der Waals surface area contributed by atoms with Crippen LogP contribution in [0, 0.1) is 0 Å². The van der Waals surface area contributed by atoms with Gasteiger partial charge in [0.1, 0.15) is 5.75 Å². The Morgan fingerprint density at radius 1 is 1.45 bits per heavy atom. The number of fused-ring (bicyclic) bond motifs is 1. The third kappa shape index (κ3) is 3.13. The third-order valence-corrected chi connectivity index (χ3v) is 2.91. The first kappa shape index (κ1) is 14.0. The van der Waals surface area contributed by atoms with Crippen molar-refractivity contribution in [1.29, 1.82) is 0 Å². The van der Waals surface area contributed by atoms with Gasteiger partial charge in [-0.2, -0.15) is 0 Å². The average Bonchev–Trinajstić information content (AvgIpc) is 2.50. The van der Waals surface area contributed by atoms with Gasteiger partial charge in [-0.15, -0.1) is 0 Å². The number of methoxy groups -OCH3 is 1. The summed E-state index contributed by atoms with van der Waals surface area (Å²) in [6.07, 6.45) is 5.30. The maximum absolute atomic E-state index is 8.91. The van der Waals surface area contributed by atoms with E-state index in [0.29, 0.717) is 6.42 Å². The molecule has 5 heteroatoms. The van der Waals surface area contributed by atoms with Gasteiger partial charge in [-0.05, 0) is 36.4 Å². The first-order chi connectivity index (χ1) is 9.78. The second-order valence-corrected chi connectivity index (χ2v) is 4.19. The molecule has 2 aromatic rings. The van der Waals surface area contributed by atoms with Crippen molar-refractivity contribution in [3.05, 3.63) is 42.2 Å². The van der Waals surface area contributed by atoms with Crippen molar-refractivity contribution in [3.8, 4) is 5.75 Å². The lowest BCUT2D eigenvalue weighted by atomic mass is 10.2. The second kappa shape index (κ2) is 6.68. The Morgan fingerprint density at radius 2 is 2.30 bits per heavy atom. The fraction of sp³-hybridized carbons (Fsp3) is 0.200. The summed E-state index contributed by atoms with van der Waals surface area (Å²) < 4.78 is 5.18. The monoisotopic (exact) mass is 271 g/mol. The van der Waals surface area contributed by atoms with Crippen LogP contribution >= 0.6 is 0 Å². The van der Waals surface area contributed by atoms with Gasteiger partial charge >= 0.3 is 0 Å². The second-order valence-electron chi connectivity index (χ2n) is 4.19. The van der Waals surface area contributed by atoms with Crippen LogP contribution in [0.3, 0.4) is 0 Å². The van der Waals surface area contributed by atoms with Crippen molar-refractivity contribution >= 4 is 22.8 Å². The van der Waals surface area contributed by atoms with E-state index in [4.69, 9.17) is 15.6 Å². The topological polar surface area (TPSA) is 80.7 Å². The molecule has 0 bridgehead atoms. The summed E-state index contributed by atoms with van der Waals surface area (Å²) >= 11 is 0. The maximum Gasteiger partial charge on any atom is 0.121 e. The number of nitrogens with zero attached hydrogens (tertiary/aromatic N) is 2. The number of aliphatic imine (C=N–C) groups is 1. The highest BCUT2D eigenvalue weighted by Gasteiger charge is 2.02. The molecular weight excluding hydrogens is 254 g/mol. The van der Waals surface area contributed by atoms with Crippen molar-refractivity contribution in [1.82, 2.24) is 4.98 Å². The molecule has 0 aliphatic heterocycles. The molecule has 2 rings (SSSR count). The standard InChI is InChI=1S/C15H17N3O2/c1-20-12-2-3-13-14(4-6-17-15(13)8-12)18-10-11(9-16)5-7-19/h2-4,6,8-10,19H,5,7,16H2,1H3. The minimum absolute atomic E-state index is 0.0450. The van der Waals surface area contributed by atoms with Gasteiger partial charge in [0.15, 0.2) is 0 Å². The van der Waals surface area contributed by atoms with E-state index in [1.165, 1.54) is 6.20 Å². The first-order valence-corrected chi connectivity index (χ1v) is 6.27. The van der Waals surface area contributed by atoms with Crippen LogP contribution < -0.4 is 10.5 Å². The molecule has 1 heterocycles. The van der Waals surface area contributed by atoms with Gasteiger partial charge in [0.25, 0.3) is 0 Å². The minimum Gasteiger partial charge on any atom is -0.497 e. The van der Waals surface area contributed by atoms with Crippen molar-refractivity contribution in [2.75, 3.05) is 13.7 Å². The quantitative estimate of drug-likeness (QED) is 0.817. The molecule has 0 spiro atoms. The lowest BCUT2D eigenvalue weighted by Gasteiger charge is -2.04. The molecule has 3 N–H and O–H groups in total. The lowest BCUT2D eigenvalue weighted by Crippen LogP contribution is -1.94. The van der Waals surface area contributed by atoms with Gasteiger partial charge in [0.05, 0.1) is 18.3 Å². The predicted molar refractivity (Wildman–Crippen MR) is 80.4 cm³/mol. The molecule has 0 radical (unpaired) electrons. The molecule has 1 aromatic carbocycles. The number of nitrogens with two attached hydrogens (primary N) is 1. The van der Waals surface area contributed by atoms with Gasteiger partial charge in [-0.1, -0.05) is 0 Å². The number of rotatable bonds is 5. The normalized spacial score (nSPS) is 12.2. The van der Waals surface area contributed by atoms with E-state index in [1.54, 1.807) is 19.5 Å². The van der Waals surface area contributed by atoms with E-state index in [1.807, 2.05) is 24.3 Å². The van der Waals surface area contributed by atoms with Crippen LogP contribution in [0.4, 0.5) is 5.69 Å². The summed E-state index contributed by atoms with van der Waals surface area (Å²) in [5, 5.41) is 9.85. The zero-order chi connectivity index (χ0) is 14.4. The Morgan fingerprint density at radius 3 is 3.00 bits per heavy atom.